The Bertz CT molecular complexity index is 693. The van der Waals surface area contributed by atoms with Crippen molar-refractivity contribution in [2.75, 3.05) is 17.1 Å². The predicted octanol–water partition coefficient (Wildman–Crippen LogP) is 2.17. The minimum Gasteiger partial charge on any atom is -0.476 e. The fraction of sp³-hybridized carbons (Fsp3) is 0.533. The molecule has 2 atom stereocenters. The summed E-state index contributed by atoms with van der Waals surface area (Å²) in [6.07, 6.45) is 2.00. The van der Waals surface area contributed by atoms with Crippen LogP contribution >= 0.6 is 11.6 Å². The average Bonchev–Trinajstić information content (AvgIpc) is 2.45. The van der Waals surface area contributed by atoms with E-state index in [9.17, 15) is 13.2 Å². The molecule has 23 heavy (non-hydrogen) atoms. The summed E-state index contributed by atoms with van der Waals surface area (Å²) in [6, 6.07) is 4.70. The number of fused-ring (bicyclic) bond motifs is 1. The van der Waals surface area contributed by atoms with Gasteiger partial charge in [-0.1, -0.05) is 24.9 Å². The second-order valence-electron chi connectivity index (χ2n) is 5.71. The summed E-state index contributed by atoms with van der Waals surface area (Å²) in [6.45, 7) is 3.87. The normalized spacial score (nSPS) is 18.8. The molecule has 2 unspecified atom stereocenters. The van der Waals surface area contributed by atoms with E-state index in [-0.39, 0.29) is 18.5 Å². The summed E-state index contributed by atoms with van der Waals surface area (Å²) < 4.78 is 30.9. The Hall–Kier alpha value is -1.47. The van der Waals surface area contributed by atoms with Crippen molar-refractivity contribution in [1.29, 1.82) is 0 Å². The van der Waals surface area contributed by atoms with Gasteiger partial charge >= 0.3 is 0 Å². The molecular weight excluding hydrogens is 340 g/mol. The fourth-order valence-corrected chi connectivity index (χ4v) is 3.59. The van der Waals surface area contributed by atoms with Crippen molar-refractivity contribution in [2.45, 2.75) is 38.8 Å². The van der Waals surface area contributed by atoms with Gasteiger partial charge in [0.25, 0.3) is 5.91 Å². The molecule has 0 bridgehead atoms. The Morgan fingerprint density at radius 2 is 2.22 bits per heavy atom. The number of nitrogens with one attached hydrogen (secondary N) is 1. The van der Waals surface area contributed by atoms with Crippen LogP contribution in [-0.4, -0.2) is 39.3 Å². The quantitative estimate of drug-likeness (QED) is 0.873. The van der Waals surface area contributed by atoms with Crippen molar-refractivity contribution in [3.63, 3.8) is 0 Å². The van der Waals surface area contributed by atoms with E-state index in [4.69, 9.17) is 16.3 Å². The number of hydrogen-bond acceptors (Lipinski definition) is 4. The SMILES string of the molecule is CCCC(C)NC(=O)C1CN(S(C)(=O)=O)c2cc(Cl)ccc2O1. The first-order valence-corrected chi connectivity index (χ1v) is 9.69. The topological polar surface area (TPSA) is 75.7 Å². The molecule has 0 fully saturated rings. The van der Waals surface area contributed by atoms with Crippen molar-refractivity contribution >= 4 is 33.2 Å². The first-order valence-electron chi connectivity index (χ1n) is 7.46. The fourth-order valence-electron chi connectivity index (χ4n) is 2.52. The predicted molar refractivity (Wildman–Crippen MR) is 90.6 cm³/mol. The lowest BCUT2D eigenvalue weighted by molar-refractivity contribution is -0.128. The van der Waals surface area contributed by atoms with Crippen molar-refractivity contribution in [3.8, 4) is 5.75 Å². The summed E-state index contributed by atoms with van der Waals surface area (Å²) in [7, 11) is -3.55. The highest BCUT2D eigenvalue weighted by molar-refractivity contribution is 7.92. The smallest absolute Gasteiger partial charge is 0.263 e. The number of rotatable bonds is 5. The molecule has 6 nitrogen and oxygen atoms in total. The zero-order chi connectivity index (χ0) is 17.2. The Kier molecular flexibility index (Phi) is 5.41. The van der Waals surface area contributed by atoms with Gasteiger partial charge in [-0.05, 0) is 31.5 Å². The lowest BCUT2D eigenvalue weighted by Gasteiger charge is -2.34. The highest BCUT2D eigenvalue weighted by Crippen LogP contribution is 2.37. The van der Waals surface area contributed by atoms with E-state index in [0.29, 0.717) is 16.5 Å². The molecule has 1 aromatic carbocycles. The van der Waals surface area contributed by atoms with Gasteiger partial charge in [-0.25, -0.2) is 8.42 Å². The van der Waals surface area contributed by atoms with Crippen LogP contribution in [-0.2, 0) is 14.8 Å². The molecule has 1 aliphatic rings. The molecule has 0 aromatic heterocycles. The van der Waals surface area contributed by atoms with Crippen LogP contribution in [0.5, 0.6) is 5.75 Å². The largest absolute Gasteiger partial charge is 0.476 e. The van der Waals surface area contributed by atoms with Crippen LogP contribution < -0.4 is 14.4 Å². The number of amides is 1. The van der Waals surface area contributed by atoms with Gasteiger partial charge < -0.3 is 10.1 Å². The molecule has 2 rings (SSSR count). The van der Waals surface area contributed by atoms with Crippen LogP contribution in [0, 0.1) is 0 Å². The van der Waals surface area contributed by atoms with E-state index in [1.54, 1.807) is 12.1 Å². The van der Waals surface area contributed by atoms with E-state index < -0.39 is 16.1 Å². The Morgan fingerprint density at radius 1 is 1.52 bits per heavy atom. The third-order valence-corrected chi connectivity index (χ3v) is 4.98. The van der Waals surface area contributed by atoms with Crippen molar-refractivity contribution in [2.24, 2.45) is 0 Å². The third-order valence-electron chi connectivity index (χ3n) is 3.59. The average molecular weight is 361 g/mol. The lowest BCUT2D eigenvalue weighted by atomic mass is 10.1. The number of sulfonamides is 1. The highest BCUT2D eigenvalue weighted by atomic mass is 35.5. The second-order valence-corrected chi connectivity index (χ2v) is 8.05. The zero-order valence-corrected chi connectivity index (χ0v) is 14.9. The lowest BCUT2D eigenvalue weighted by Crippen LogP contribution is -2.52. The second kappa shape index (κ2) is 6.97. The summed E-state index contributed by atoms with van der Waals surface area (Å²) in [5.74, 6) is 0.00886. The first-order chi connectivity index (χ1) is 10.7. The van der Waals surface area contributed by atoms with Crippen molar-refractivity contribution in [3.05, 3.63) is 23.2 Å². The van der Waals surface area contributed by atoms with Crippen LogP contribution in [0.3, 0.4) is 0 Å². The number of hydrogen-bond donors (Lipinski definition) is 1. The van der Waals surface area contributed by atoms with Crippen LogP contribution in [0.25, 0.3) is 0 Å². The number of benzene rings is 1. The van der Waals surface area contributed by atoms with E-state index >= 15 is 0 Å². The van der Waals surface area contributed by atoms with Crippen LogP contribution in [0.2, 0.25) is 5.02 Å². The molecule has 0 radical (unpaired) electrons. The molecule has 0 saturated carbocycles. The van der Waals surface area contributed by atoms with Gasteiger partial charge in [0.2, 0.25) is 10.0 Å². The van der Waals surface area contributed by atoms with Crippen LogP contribution in [0.1, 0.15) is 26.7 Å². The van der Waals surface area contributed by atoms with Crippen molar-refractivity contribution < 1.29 is 17.9 Å². The summed E-state index contributed by atoms with van der Waals surface area (Å²) in [5.41, 5.74) is 0.352. The van der Waals surface area contributed by atoms with E-state index in [0.717, 1.165) is 23.4 Å². The van der Waals surface area contributed by atoms with Gasteiger partial charge in [-0.3, -0.25) is 9.10 Å². The Morgan fingerprint density at radius 3 is 2.83 bits per heavy atom. The molecule has 1 aromatic rings. The van der Waals surface area contributed by atoms with Crippen LogP contribution in [0.15, 0.2) is 18.2 Å². The minimum absolute atomic E-state index is 0.00870. The number of carbonyl (C=O) groups excluding carboxylic acids is 1. The number of halogens is 1. The molecular formula is C15H21ClN2O4S. The number of ether oxygens (including phenoxy) is 1. The molecule has 128 valence electrons. The van der Waals surface area contributed by atoms with E-state index in [1.807, 2.05) is 13.8 Å². The maximum Gasteiger partial charge on any atom is 0.263 e. The molecule has 1 amide bonds. The summed E-state index contributed by atoms with van der Waals surface area (Å²) in [5, 5.41) is 3.26. The highest BCUT2D eigenvalue weighted by Gasteiger charge is 2.35. The molecule has 1 N–H and O–H groups in total. The minimum atomic E-state index is -3.55. The first kappa shape index (κ1) is 17.9. The molecule has 1 aliphatic heterocycles. The van der Waals surface area contributed by atoms with Crippen molar-refractivity contribution in [1.82, 2.24) is 5.32 Å². The number of anilines is 1. The van der Waals surface area contributed by atoms with Gasteiger partial charge in [0.1, 0.15) is 5.75 Å². The van der Waals surface area contributed by atoms with Gasteiger partial charge in [0.05, 0.1) is 18.5 Å². The van der Waals surface area contributed by atoms with Crippen LogP contribution in [0.4, 0.5) is 5.69 Å². The molecule has 1 heterocycles. The molecule has 0 saturated heterocycles. The van der Waals surface area contributed by atoms with E-state index in [1.165, 1.54) is 6.07 Å². The monoisotopic (exact) mass is 360 g/mol. The van der Waals surface area contributed by atoms with E-state index in [2.05, 4.69) is 5.32 Å². The summed E-state index contributed by atoms with van der Waals surface area (Å²) >= 11 is 5.94. The maximum atomic E-state index is 12.3. The van der Waals surface area contributed by atoms with Gasteiger partial charge in [0.15, 0.2) is 6.10 Å². The third kappa shape index (κ3) is 4.29. The Balaban J connectivity index is 2.27. The summed E-state index contributed by atoms with van der Waals surface area (Å²) in [4.78, 5) is 12.3. The zero-order valence-electron chi connectivity index (χ0n) is 13.4. The van der Waals surface area contributed by atoms with Gasteiger partial charge in [-0.15, -0.1) is 0 Å². The Labute approximate surface area is 141 Å². The van der Waals surface area contributed by atoms with Gasteiger partial charge in [-0.2, -0.15) is 0 Å². The standard InChI is InChI=1S/C15H21ClN2O4S/c1-4-5-10(2)17-15(19)14-9-18(23(3,20)21)12-8-11(16)6-7-13(12)22-14/h6-8,10,14H,4-5,9H2,1-3H3,(H,17,19). The number of nitrogens with zero attached hydrogens (tertiary/aromatic N) is 1. The maximum absolute atomic E-state index is 12.3. The van der Waals surface area contributed by atoms with Gasteiger partial charge in [0, 0.05) is 11.1 Å². The molecule has 0 aliphatic carbocycles. The molecule has 8 heteroatoms. The number of carbonyl (C=O) groups is 1. The molecule has 0 spiro atoms.